The van der Waals surface area contributed by atoms with Gasteiger partial charge in [0, 0.05) is 6.54 Å². The van der Waals surface area contributed by atoms with Gasteiger partial charge in [-0.3, -0.25) is 0 Å². The van der Waals surface area contributed by atoms with Crippen LogP contribution < -0.4 is 10.5 Å². The van der Waals surface area contributed by atoms with Gasteiger partial charge < -0.3 is 10.5 Å². The fourth-order valence-corrected chi connectivity index (χ4v) is 1.85. The molecule has 0 saturated carbocycles. The first-order valence-electron chi connectivity index (χ1n) is 6.07. The molecule has 0 aliphatic carbocycles. The lowest BCUT2D eigenvalue weighted by atomic mass is 10.1. The van der Waals surface area contributed by atoms with Crippen molar-refractivity contribution in [3.05, 3.63) is 65.2 Å². The minimum atomic E-state index is -4.40. The third-order valence-corrected chi connectivity index (χ3v) is 2.85. The summed E-state index contributed by atoms with van der Waals surface area (Å²) >= 11 is 0. The van der Waals surface area contributed by atoms with Crippen LogP contribution in [-0.2, 0) is 19.3 Å². The van der Waals surface area contributed by atoms with Crippen molar-refractivity contribution in [1.82, 2.24) is 0 Å². The van der Waals surface area contributed by atoms with E-state index in [1.165, 1.54) is 12.1 Å². The predicted molar refractivity (Wildman–Crippen MR) is 70.1 cm³/mol. The van der Waals surface area contributed by atoms with Crippen molar-refractivity contribution in [2.75, 3.05) is 0 Å². The number of halogens is 3. The quantitative estimate of drug-likeness (QED) is 0.926. The molecule has 0 saturated heterocycles. The highest BCUT2D eigenvalue weighted by Gasteiger charge is 2.32. The molecule has 0 aliphatic heterocycles. The van der Waals surface area contributed by atoms with Gasteiger partial charge in [0.05, 0.1) is 5.56 Å². The van der Waals surface area contributed by atoms with Crippen molar-refractivity contribution in [1.29, 1.82) is 0 Å². The average Bonchev–Trinajstić information content (AvgIpc) is 2.45. The highest BCUT2D eigenvalue weighted by Crippen LogP contribution is 2.33. The largest absolute Gasteiger partial charge is 0.489 e. The van der Waals surface area contributed by atoms with Crippen LogP contribution in [0.1, 0.15) is 16.7 Å². The van der Waals surface area contributed by atoms with Crippen LogP contribution in [0.15, 0.2) is 48.5 Å². The zero-order chi connectivity index (χ0) is 14.6. The van der Waals surface area contributed by atoms with Crippen molar-refractivity contribution in [3.63, 3.8) is 0 Å². The van der Waals surface area contributed by atoms with Crippen LogP contribution in [0.3, 0.4) is 0 Å². The van der Waals surface area contributed by atoms with Gasteiger partial charge in [0.15, 0.2) is 0 Å². The molecule has 0 radical (unpaired) electrons. The van der Waals surface area contributed by atoms with Crippen molar-refractivity contribution in [3.8, 4) is 5.75 Å². The van der Waals surface area contributed by atoms with E-state index in [9.17, 15) is 13.2 Å². The summed E-state index contributed by atoms with van der Waals surface area (Å²) in [6, 6.07) is 13.0. The van der Waals surface area contributed by atoms with Crippen LogP contribution in [0.25, 0.3) is 0 Å². The molecular weight excluding hydrogens is 267 g/mol. The molecule has 0 unspecified atom stereocenters. The predicted octanol–water partition coefficient (Wildman–Crippen LogP) is 3.74. The van der Waals surface area contributed by atoms with E-state index in [-0.39, 0.29) is 12.1 Å². The Morgan fingerprint density at radius 3 is 2.30 bits per heavy atom. The zero-order valence-corrected chi connectivity index (χ0v) is 10.7. The summed E-state index contributed by atoms with van der Waals surface area (Å²) in [5.41, 5.74) is 5.63. The fourth-order valence-electron chi connectivity index (χ4n) is 1.85. The normalized spacial score (nSPS) is 11.4. The van der Waals surface area contributed by atoms with E-state index in [2.05, 4.69) is 0 Å². The number of rotatable bonds is 4. The summed E-state index contributed by atoms with van der Waals surface area (Å²) in [6.45, 7) is 0.119. The zero-order valence-electron chi connectivity index (χ0n) is 10.7. The number of hydrogen-bond donors (Lipinski definition) is 1. The van der Waals surface area contributed by atoms with E-state index in [0.717, 1.165) is 11.6 Å². The highest BCUT2D eigenvalue weighted by molar-refractivity contribution is 5.37. The molecule has 20 heavy (non-hydrogen) atoms. The third kappa shape index (κ3) is 3.51. The van der Waals surface area contributed by atoms with Gasteiger partial charge >= 0.3 is 6.18 Å². The van der Waals surface area contributed by atoms with E-state index in [1.54, 1.807) is 0 Å². The molecule has 0 spiro atoms. The van der Waals surface area contributed by atoms with E-state index in [0.29, 0.717) is 12.4 Å². The first-order chi connectivity index (χ1) is 9.50. The second-order valence-electron chi connectivity index (χ2n) is 4.30. The molecular formula is C15H14F3NO. The summed E-state index contributed by atoms with van der Waals surface area (Å²) in [5, 5.41) is 0. The summed E-state index contributed by atoms with van der Waals surface area (Å²) in [5.74, 6) is 0.377. The maximum Gasteiger partial charge on any atom is 0.416 e. The molecule has 106 valence electrons. The highest BCUT2D eigenvalue weighted by atomic mass is 19.4. The van der Waals surface area contributed by atoms with E-state index in [4.69, 9.17) is 10.5 Å². The Hall–Kier alpha value is -2.01. The Labute approximate surface area is 115 Å². The fraction of sp³-hybridized carbons (Fsp3) is 0.200. The van der Waals surface area contributed by atoms with Crippen molar-refractivity contribution >= 4 is 0 Å². The third-order valence-electron chi connectivity index (χ3n) is 2.85. The Kier molecular flexibility index (Phi) is 4.29. The molecule has 0 fully saturated rings. The van der Waals surface area contributed by atoms with Crippen molar-refractivity contribution in [2.45, 2.75) is 19.3 Å². The second-order valence-corrected chi connectivity index (χ2v) is 4.30. The number of benzene rings is 2. The smallest absolute Gasteiger partial charge is 0.416 e. The van der Waals surface area contributed by atoms with Crippen LogP contribution >= 0.6 is 0 Å². The molecule has 0 bridgehead atoms. The molecule has 2 aromatic carbocycles. The maximum atomic E-state index is 12.7. The van der Waals surface area contributed by atoms with E-state index >= 15 is 0 Å². The molecule has 2 aromatic rings. The number of alkyl halides is 3. The molecule has 2 rings (SSSR count). The standard InChI is InChI=1S/C15H14F3NO/c16-15(17,18)14-7-6-13(8-12(14)9-19)20-10-11-4-2-1-3-5-11/h1-8H,9-10,19H2. The first kappa shape index (κ1) is 14.4. The first-order valence-corrected chi connectivity index (χ1v) is 6.07. The molecule has 5 heteroatoms. The topological polar surface area (TPSA) is 35.2 Å². The summed E-state index contributed by atoms with van der Waals surface area (Å²) in [4.78, 5) is 0. The molecule has 0 aliphatic rings. The SMILES string of the molecule is NCc1cc(OCc2ccccc2)ccc1C(F)(F)F. The molecule has 0 atom stereocenters. The number of ether oxygens (including phenoxy) is 1. The lowest BCUT2D eigenvalue weighted by molar-refractivity contribution is -0.138. The van der Waals surface area contributed by atoms with Crippen LogP contribution in [0.5, 0.6) is 5.75 Å². The Morgan fingerprint density at radius 1 is 1.00 bits per heavy atom. The number of hydrogen-bond acceptors (Lipinski definition) is 2. The van der Waals surface area contributed by atoms with Gasteiger partial charge in [0.25, 0.3) is 0 Å². The van der Waals surface area contributed by atoms with Gasteiger partial charge in [0.1, 0.15) is 12.4 Å². The van der Waals surface area contributed by atoms with Crippen molar-refractivity contribution < 1.29 is 17.9 Å². The van der Waals surface area contributed by atoms with Gasteiger partial charge in [-0.2, -0.15) is 13.2 Å². The molecule has 2 N–H and O–H groups in total. The van der Waals surface area contributed by atoms with Gasteiger partial charge in [-0.1, -0.05) is 30.3 Å². The molecule has 0 heterocycles. The lowest BCUT2D eigenvalue weighted by Crippen LogP contribution is -2.12. The Balaban J connectivity index is 2.14. The Morgan fingerprint density at radius 2 is 1.70 bits per heavy atom. The minimum absolute atomic E-state index is 0.0306. The van der Waals surface area contributed by atoms with Gasteiger partial charge in [-0.05, 0) is 29.3 Å². The molecule has 0 aromatic heterocycles. The monoisotopic (exact) mass is 281 g/mol. The van der Waals surface area contributed by atoms with Crippen LogP contribution in [0, 0.1) is 0 Å². The van der Waals surface area contributed by atoms with Gasteiger partial charge in [-0.25, -0.2) is 0 Å². The summed E-state index contributed by atoms with van der Waals surface area (Å²) < 4.78 is 43.6. The van der Waals surface area contributed by atoms with Crippen molar-refractivity contribution in [2.24, 2.45) is 5.73 Å². The lowest BCUT2D eigenvalue weighted by Gasteiger charge is -2.14. The maximum absolute atomic E-state index is 12.7. The molecule has 2 nitrogen and oxygen atoms in total. The number of nitrogens with two attached hydrogens (primary N) is 1. The van der Waals surface area contributed by atoms with E-state index in [1.807, 2.05) is 30.3 Å². The molecule has 0 amide bonds. The van der Waals surface area contributed by atoms with Gasteiger partial charge in [0.2, 0.25) is 0 Å². The Bertz CT molecular complexity index is 567. The van der Waals surface area contributed by atoms with Crippen LogP contribution in [0.4, 0.5) is 13.2 Å². The van der Waals surface area contributed by atoms with Crippen LogP contribution in [-0.4, -0.2) is 0 Å². The van der Waals surface area contributed by atoms with E-state index < -0.39 is 11.7 Å². The van der Waals surface area contributed by atoms with Gasteiger partial charge in [-0.15, -0.1) is 0 Å². The summed E-state index contributed by atoms with van der Waals surface area (Å²) in [7, 11) is 0. The average molecular weight is 281 g/mol. The minimum Gasteiger partial charge on any atom is -0.489 e. The second kappa shape index (κ2) is 5.96. The summed E-state index contributed by atoms with van der Waals surface area (Å²) in [6.07, 6.45) is -4.40. The van der Waals surface area contributed by atoms with Crippen LogP contribution in [0.2, 0.25) is 0 Å².